The van der Waals surface area contributed by atoms with E-state index in [1.165, 1.54) is 6.92 Å². The van der Waals surface area contributed by atoms with Gasteiger partial charge in [-0.05, 0) is 42.5 Å². The average molecular weight is 390 g/mol. The summed E-state index contributed by atoms with van der Waals surface area (Å²) < 4.78 is 5.52. The number of benzene rings is 2. The van der Waals surface area contributed by atoms with Crippen LogP contribution in [0, 0.1) is 0 Å². The van der Waals surface area contributed by atoms with Crippen LogP contribution in [0.4, 0.5) is 22.9 Å². The van der Waals surface area contributed by atoms with E-state index in [1.807, 2.05) is 60.7 Å². The fourth-order valence-electron chi connectivity index (χ4n) is 2.57. The summed E-state index contributed by atoms with van der Waals surface area (Å²) in [5.41, 5.74) is 2.28. The number of hydrogen-bond donors (Lipinski definition) is 3. The molecule has 0 bridgehead atoms. The van der Waals surface area contributed by atoms with Crippen molar-refractivity contribution in [1.82, 2.24) is 4.98 Å². The Labute approximate surface area is 169 Å². The molecule has 0 aliphatic rings. The Morgan fingerprint density at radius 3 is 2.41 bits per heavy atom. The largest absolute Gasteiger partial charge is 0.493 e. The molecular weight excluding hydrogens is 368 g/mol. The molecular formula is C22H22N4O3. The van der Waals surface area contributed by atoms with Gasteiger partial charge < -0.3 is 20.7 Å². The van der Waals surface area contributed by atoms with Crippen LogP contribution in [0.1, 0.15) is 13.3 Å². The van der Waals surface area contributed by atoms with Crippen molar-refractivity contribution < 1.29 is 14.3 Å². The fraction of sp³-hybridized carbons (Fsp3) is 0.136. The minimum atomic E-state index is -0.169. The first-order chi connectivity index (χ1) is 14.1. The van der Waals surface area contributed by atoms with E-state index < -0.39 is 0 Å². The minimum Gasteiger partial charge on any atom is -0.493 e. The first-order valence-electron chi connectivity index (χ1n) is 9.17. The zero-order valence-electron chi connectivity index (χ0n) is 16.0. The maximum absolute atomic E-state index is 12.0. The first-order valence-corrected chi connectivity index (χ1v) is 9.17. The molecule has 0 aliphatic carbocycles. The molecule has 0 saturated carbocycles. The molecule has 1 aromatic heterocycles. The normalized spacial score (nSPS) is 10.1. The lowest BCUT2D eigenvalue weighted by Crippen LogP contribution is -2.16. The van der Waals surface area contributed by atoms with Gasteiger partial charge >= 0.3 is 0 Å². The van der Waals surface area contributed by atoms with E-state index >= 15 is 0 Å². The van der Waals surface area contributed by atoms with Crippen LogP contribution in [0.25, 0.3) is 0 Å². The van der Waals surface area contributed by atoms with Gasteiger partial charge in [-0.25, -0.2) is 4.98 Å². The molecule has 2 amide bonds. The molecule has 29 heavy (non-hydrogen) atoms. The van der Waals surface area contributed by atoms with Crippen molar-refractivity contribution in [3.8, 4) is 5.75 Å². The summed E-state index contributed by atoms with van der Waals surface area (Å²) in [5, 5.41) is 8.69. The van der Waals surface area contributed by atoms with Crippen molar-refractivity contribution in [3.05, 3.63) is 72.9 Å². The van der Waals surface area contributed by atoms with Crippen molar-refractivity contribution in [3.63, 3.8) is 0 Å². The van der Waals surface area contributed by atoms with Crippen LogP contribution in [0.5, 0.6) is 5.75 Å². The second kappa shape index (κ2) is 9.89. The zero-order chi connectivity index (χ0) is 20.5. The average Bonchev–Trinajstić information content (AvgIpc) is 2.70. The number of ether oxygens (including phenoxy) is 1. The van der Waals surface area contributed by atoms with E-state index in [1.54, 1.807) is 12.3 Å². The van der Waals surface area contributed by atoms with Gasteiger partial charge in [-0.15, -0.1) is 0 Å². The highest BCUT2D eigenvalue weighted by Crippen LogP contribution is 2.20. The number of amides is 2. The topological polar surface area (TPSA) is 92.4 Å². The van der Waals surface area contributed by atoms with Crippen LogP contribution in [0.2, 0.25) is 0 Å². The van der Waals surface area contributed by atoms with Gasteiger partial charge in [-0.1, -0.05) is 24.3 Å². The van der Waals surface area contributed by atoms with Gasteiger partial charge in [0.05, 0.1) is 24.9 Å². The van der Waals surface area contributed by atoms with E-state index in [-0.39, 0.29) is 18.2 Å². The molecule has 3 aromatic rings. The van der Waals surface area contributed by atoms with Gasteiger partial charge in [0.15, 0.2) is 0 Å². The number of nitrogens with zero attached hydrogens (tertiary/aromatic N) is 1. The number of nitrogens with one attached hydrogen (secondary N) is 3. The lowest BCUT2D eigenvalue weighted by molar-refractivity contribution is -0.116. The summed E-state index contributed by atoms with van der Waals surface area (Å²) in [6.45, 7) is 1.75. The Balaban J connectivity index is 1.48. The van der Waals surface area contributed by atoms with Crippen LogP contribution >= 0.6 is 0 Å². The van der Waals surface area contributed by atoms with Crippen molar-refractivity contribution >= 4 is 34.7 Å². The maximum Gasteiger partial charge on any atom is 0.228 e. The number of anilines is 4. The molecule has 3 rings (SSSR count). The molecule has 0 spiro atoms. The Hall–Kier alpha value is -3.87. The summed E-state index contributed by atoms with van der Waals surface area (Å²) in [6.07, 6.45) is 1.85. The molecule has 7 nitrogen and oxygen atoms in total. The maximum atomic E-state index is 12.0. The fourth-order valence-corrected chi connectivity index (χ4v) is 2.57. The molecule has 1 heterocycles. The number of hydrogen-bond acceptors (Lipinski definition) is 5. The molecule has 2 aromatic carbocycles. The van der Waals surface area contributed by atoms with E-state index in [4.69, 9.17) is 4.74 Å². The predicted octanol–water partition coefficient (Wildman–Crippen LogP) is 4.19. The molecule has 0 saturated heterocycles. The summed E-state index contributed by atoms with van der Waals surface area (Å²) in [5.74, 6) is 0.902. The summed E-state index contributed by atoms with van der Waals surface area (Å²) in [7, 11) is 0. The van der Waals surface area contributed by atoms with Crippen LogP contribution < -0.4 is 20.7 Å². The van der Waals surface area contributed by atoms with E-state index in [2.05, 4.69) is 20.9 Å². The standard InChI is InChI=1S/C22H22N4O3/c1-16(27)24-17-6-5-7-18(14-17)25-19-10-11-21(23-15-19)26-22(28)12-13-29-20-8-3-2-4-9-20/h2-11,14-15,25H,12-13H2,1H3,(H,24,27)(H,23,26,28). The number of aromatic nitrogens is 1. The molecule has 0 aliphatic heterocycles. The lowest BCUT2D eigenvalue weighted by Gasteiger charge is -2.10. The smallest absolute Gasteiger partial charge is 0.228 e. The molecule has 0 fully saturated rings. The van der Waals surface area contributed by atoms with Crippen molar-refractivity contribution in [2.75, 3.05) is 22.6 Å². The van der Waals surface area contributed by atoms with Gasteiger partial charge in [-0.3, -0.25) is 9.59 Å². The molecule has 3 N–H and O–H groups in total. The van der Waals surface area contributed by atoms with Crippen LogP contribution in [-0.2, 0) is 9.59 Å². The molecule has 148 valence electrons. The third-order valence-electron chi connectivity index (χ3n) is 3.84. The van der Waals surface area contributed by atoms with Gasteiger partial charge in [-0.2, -0.15) is 0 Å². The number of para-hydroxylation sites is 1. The first kappa shape index (κ1) is 19.9. The third kappa shape index (κ3) is 6.66. The molecule has 7 heteroatoms. The number of pyridine rings is 1. The van der Waals surface area contributed by atoms with E-state index in [9.17, 15) is 9.59 Å². The number of carbonyl (C=O) groups excluding carboxylic acids is 2. The highest BCUT2D eigenvalue weighted by atomic mass is 16.5. The van der Waals surface area contributed by atoms with Gasteiger partial charge in [0.1, 0.15) is 11.6 Å². The Kier molecular flexibility index (Phi) is 6.78. The number of rotatable bonds is 8. The highest BCUT2D eigenvalue weighted by Gasteiger charge is 2.05. The molecule has 0 unspecified atom stereocenters. The Morgan fingerprint density at radius 2 is 1.69 bits per heavy atom. The summed E-state index contributed by atoms with van der Waals surface area (Å²) in [4.78, 5) is 27.4. The summed E-state index contributed by atoms with van der Waals surface area (Å²) >= 11 is 0. The molecule has 0 atom stereocenters. The van der Waals surface area contributed by atoms with E-state index in [0.29, 0.717) is 18.1 Å². The van der Waals surface area contributed by atoms with Crippen molar-refractivity contribution in [1.29, 1.82) is 0 Å². The lowest BCUT2D eigenvalue weighted by atomic mass is 10.2. The van der Waals surface area contributed by atoms with Crippen LogP contribution in [-0.4, -0.2) is 23.4 Å². The Morgan fingerprint density at radius 1 is 0.897 bits per heavy atom. The minimum absolute atomic E-state index is 0.127. The van der Waals surface area contributed by atoms with Crippen LogP contribution in [0.3, 0.4) is 0 Å². The highest BCUT2D eigenvalue weighted by molar-refractivity contribution is 5.90. The van der Waals surface area contributed by atoms with Gasteiger partial charge in [0.25, 0.3) is 0 Å². The third-order valence-corrected chi connectivity index (χ3v) is 3.84. The Bertz CT molecular complexity index is 959. The van der Waals surface area contributed by atoms with Crippen molar-refractivity contribution in [2.24, 2.45) is 0 Å². The molecule has 0 radical (unpaired) electrons. The van der Waals surface area contributed by atoms with Gasteiger partial charge in [0, 0.05) is 18.3 Å². The number of carbonyl (C=O) groups is 2. The monoisotopic (exact) mass is 390 g/mol. The van der Waals surface area contributed by atoms with Gasteiger partial charge in [0.2, 0.25) is 11.8 Å². The zero-order valence-corrected chi connectivity index (χ0v) is 16.0. The second-order valence-electron chi connectivity index (χ2n) is 6.28. The predicted molar refractivity (Wildman–Crippen MR) is 113 cm³/mol. The van der Waals surface area contributed by atoms with E-state index in [0.717, 1.165) is 17.1 Å². The quantitative estimate of drug-likeness (QED) is 0.536. The SMILES string of the molecule is CC(=O)Nc1cccc(Nc2ccc(NC(=O)CCOc3ccccc3)nc2)c1. The second-order valence-corrected chi connectivity index (χ2v) is 6.28. The summed E-state index contributed by atoms with van der Waals surface area (Å²) in [6, 6.07) is 20.2. The van der Waals surface area contributed by atoms with Crippen molar-refractivity contribution in [2.45, 2.75) is 13.3 Å². The van der Waals surface area contributed by atoms with Crippen LogP contribution in [0.15, 0.2) is 72.9 Å².